The van der Waals surface area contributed by atoms with Gasteiger partial charge in [0.15, 0.2) is 0 Å². The van der Waals surface area contributed by atoms with Gasteiger partial charge in [-0.15, -0.1) is 0 Å². The van der Waals surface area contributed by atoms with Crippen molar-refractivity contribution in [3.05, 3.63) is 35.4 Å². The number of aromatic nitrogens is 3. The van der Waals surface area contributed by atoms with Crippen LogP contribution in [0.4, 0.5) is 0 Å². The second kappa shape index (κ2) is 3.42. The van der Waals surface area contributed by atoms with Crippen molar-refractivity contribution in [3.63, 3.8) is 0 Å². The zero-order valence-electron chi connectivity index (χ0n) is 8.03. The minimum atomic E-state index is 0.505. The summed E-state index contributed by atoms with van der Waals surface area (Å²) in [6.45, 7) is 1.98. The van der Waals surface area contributed by atoms with Crippen LogP contribution in [0.1, 0.15) is 5.69 Å². The highest BCUT2D eigenvalue weighted by Crippen LogP contribution is 2.23. The third kappa shape index (κ3) is 1.63. The molecule has 0 atom stereocenters. The number of hydrogen-bond acceptors (Lipinski definition) is 2. The molecule has 0 N–H and O–H groups in total. The van der Waals surface area contributed by atoms with Crippen LogP contribution in [0.3, 0.4) is 0 Å². The first-order valence-corrected chi connectivity index (χ1v) is 4.67. The molecule has 2 aromatic rings. The Morgan fingerprint density at radius 1 is 1.43 bits per heavy atom. The summed E-state index contributed by atoms with van der Waals surface area (Å²) in [4.78, 5) is 3.94. The van der Waals surface area contributed by atoms with Crippen LogP contribution in [-0.4, -0.2) is 14.8 Å². The molecule has 3 nitrogen and oxygen atoms in total. The smallest absolute Gasteiger partial charge is 0.129 e. The van der Waals surface area contributed by atoms with Crippen molar-refractivity contribution >= 4 is 11.6 Å². The molecule has 0 aliphatic heterocycles. The molecule has 0 amide bonds. The Kier molecular flexibility index (Phi) is 2.25. The number of rotatable bonds is 1. The summed E-state index contributed by atoms with van der Waals surface area (Å²) in [5.41, 5.74) is 3.14. The molecule has 0 fully saturated rings. The number of halogens is 1. The van der Waals surface area contributed by atoms with Gasteiger partial charge in [-0.1, -0.05) is 11.6 Å². The molecule has 14 heavy (non-hydrogen) atoms. The van der Waals surface area contributed by atoms with Gasteiger partial charge in [-0.3, -0.25) is 4.68 Å². The van der Waals surface area contributed by atoms with E-state index in [0.29, 0.717) is 5.15 Å². The maximum absolute atomic E-state index is 5.82. The van der Waals surface area contributed by atoms with Gasteiger partial charge in [-0.05, 0) is 24.6 Å². The zero-order valence-corrected chi connectivity index (χ0v) is 8.78. The van der Waals surface area contributed by atoms with Gasteiger partial charge in [0.25, 0.3) is 0 Å². The molecular formula is C10H10ClN3. The maximum Gasteiger partial charge on any atom is 0.129 e. The van der Waals surface area contributed by atoms with Crippen molar-refractivity contribution in [1.29, 1.82) is 0 Å². The van der Waals surface area contributed by atoms with Gasteiger partial charge in [0, 0.05) is 25.0 Å². The average Bonchev–Trinajstić information content (AvgIpc) is 2.45. The third-order valence-corrected chi connectivity index (χ3v) is 2.26. The largest absolute Gasteiger partial charge is 0.275 e. The lowest BCUT2D eigenvalue weighted by Gasteiger charge is -1.98. The Hall–Kier alpha value is -1.35. The van der Waals surface area contributed by atoms with E-state index in [2.05, 4.69) is 10.1 Å². The summed E-state index contributed by atoms with van der Waals surface area (Å²) >= 11 is 5.82. The molecule has 0 spiro atoms. The van der Waals surface area contributed by atoms with E-state index >= 15 is 0 Å². The van der Waals surface area contributed by atoms with Gasteiger partial charge in [0.2, 0.25) is 0 Å². The standard InChI is InChI=1S/C10H10ClN3/c1-7-9(6-14(2)13-7)8-3-4-12-10(11)5-8/h3-6H,1-2H3. The Bertz CT molecular complexity index is 462. The predicted molar refractivity (Wildman–Crippen MR) is 56.2 cm³/mol. The summed E-state index contributed by atoms with van der Waals surface area (Å²) < 4.78 is 1.79. The van der Waals surface area contributed by atoms with Crippen LogP contribution >= 0.6 is 11.6 Å². The van der Waals surface area contributed by atoms with Crippen LogP contribution in [0.25, 0.3) is 11.1 Å². The lowest BCUT2D eigenvalue weighted by molar-refractivity contribution is 0.756. The first kappa shape index (κ1) is 9.21. The molecule has 0 aromatic carbocycles. The number of aryl methyl sites for hydroxylation is 2. The second-order valence-electron chi connectivity index (χ2n) is 3.17. The van der Waals surface area contributed by atoms with E-state index < -0.39 is 0 Å². The topological polar surface area (TPSA) is 30.7 Å². The highest BCUT2D eigenvalue weighted by molar-refractivity contribution is 6.29. The molecule has 0 radical (unpaired) electrons. The van der Waals surface area contributed by atoms with Gasteiger partial charge in [-0.25, -0.2) is 4.98 Å². The van der Waals surface area contributed by atoms with Crippen LogP contribution in [-0.2, 0) is 7.05 Å². The number of nitrogens with zero attached hydrogens (tertiary/aromatic N) is 3. The van der Waals surface area contributed by atoms with E-state index in [4.69, 9.17) is 11.6 Å². The van der Waals surface area contributed by atoms with Gasteiger partial charge >= 0.3 is 0 Å². The molecule has 0 saturated heterocycles. The van der Waals surface area contributed by atoms with Crippen LogP contribution in [0.5, 0.6) is 0 Å². The molecule has 0 aliphatic rings. The Balaban J connectivity index is 2.54. The lowest BCUT2D eigenvalue weighted by atomic mass is 10.1. The van der Waals surface area contributed by atoms with E-state index in [1.54, 1.807) is 10.9 Å². The fraction of sp³-hybridized carbons (Fsp3) is 0.200. The molecule has 0 saturated carbocycles. The fourth-order valence-corrected chi connectivity index (χ4v) is 1.63. The number of pyridine rings is 1. The Morgan fingerprint density at radius 2 is 2.21 bits per heavy atom. The first-order valence-electron chi connectivity index (χ1n) is 4.29. The van der Waals surface area contributed by atoms with E-state index in [9.17, 15) is 0 Å². The third-order valence-electron chi connectivity index (χ3n) is 2.05. The molecule has 0 aliphatic carbocycles. The summed E-state index contributed by atoms with van der Waals surface area (Å²) in [5, 5.41) is 4.78. The van der Waals surface area contributed by atoms with Crippen molar-refractivity contribution < 1.29 is 0 Å². The SMILES string of the molecule is Cc1nn(C)cc1-c1ccnc(Cl)c1. The lowest BCUT2D eigenvalue weighted by Crippen LogP contribution is -1.86. The van der Waals surface area contributed by atoms with Crippen LogP contribution < -0.4 is 0 Å². The van der Waals surface area contributed by atoms with Crippen LogP contribution in [0, 0.1) is 6.92 Å². The van der Waals surface area contributed by atoms with Gasteiger partial charge in [0.05, 0.1) is 5.69 Å². The first-order chi connectivity index (χ1) is 6.66. The maximum atomic E-state index is 5.82. The monoisotopic (exact) mass is 207 g/mol. The molecule has 2 rings (SSSR count). The second-order valence-corrected chi connectivity index (χ2v) is 3.56. The van der Waals surface area contributed by atoms with Crippen molar-refractivity contribution in [2.75, 3.05) is 0 Å². The van der Waals surface area contributed by atoms with Crippen LogP contribution in [0.15, 0.2) is 24.5 Å². The van der Waals surface area contributed by atoms with E-state index in [1.165, 1.54) is 0 Å². The van der Waals surface area contributed by atoms with Crippen molar-refractivity contribution in [3.8, 4) is 11.1 Å². The zero-order chi connectivity index (χ0) is 10.1. The summed E-state index contributed by atoms with van der Waals surface area (Å²) in [5.74, 6) is 0. The van der Waals surface area contributed by atoms with Crippen molar-refractivity contribution in [1.82, 2.24) is 14.8 Å². The van der Waals surface area contributed by atoms with Gasteiger partial charge in [0.1, 0.15) is 5.15 Å². The molecular weight excluding hydrogens is 198 g/mol. The average molecular weight is 208 g/mol. The number of hydrogen-bond donors (Lipinski definition) is 0. The summed E-state index contributed by atoms with van der Waals surface area (Å²) in [7, 11) is 1.90. The van der Waals surface area contributed by atoms with Crippen molar-refractivity contribution in [2.24, 2.45) is 7.05 Å². The van der Waals surface area contributed by atoms with E-state index in [1.807, 2.05) is 32.3 Å². The van der Waals surface area contributed by atoms with Crippen molar-refractivity contribution in [2.45, 2.75) is 6.92 Å². The van der Waals surface area contributed by atoms with Gasteiger partial charge in [-0.2, -0.15) is 5.10 Å². The quantitative estimate of drug-likeness (QED) is 0.673. The highest BCUT2D eigenvalue weighted by Gasteiger charge is 2.05. The van der Waals surface area contributed by atoms with Crippen LogP contribution in [0.2, 0.25) is 5.15 Å². The molecule has 2 aromatic heterocycles. The molecule has 0 unspecified atom stereocenters. The highest BCUT2D eigenvalue weighted by atomic mass is 35.5. The molecule has 0 bridgehead atoms. The molecule has 72 valence electrons. The fourth-order valence-electron chi connectivity index (χ4n) is 1.45. The minimum Gasteiger partial charge on any atom is -0.275 e. The Morgan fingerprint density at radius 3 is 2.79 bits per heavy atom. The minimum absolute atomic E-state index is 0.505. The normalized spacial score (nSPS) is 10.5. The summed E-state index contributed by atoms with van der Waals surface area (Å²) in [6.07, 6.45) is 3.67. The summed E-state index contributed by atoms with van der Waals surface area (Å²) in [6, 6.07) is 3.77. The Labute approximate surface area is 87.3 Å². The molecule has 4 heteroatoms. The van der Waals surface area contributed by atoms with Gasteiger partial charge < -0.3 is 0 Å². The van der Waals surface area contributed by atoms with E-state index in [-0.39, 0.29) is 0 Å². The predicted octanol–water partition coefficient (Wildman–Crippen LogP) is 2.44. The van der Waals surface area contributed by atoms with E-state index in [0.717, 1.165) is 16.8 Å². The molecule has 2 heterocycles.